The first-order valence-corrected chi connectivity index (χ1v) is 10.1. The number of benzene rings is 1. The van der Waals surface area contributed by atoms with Gasteiger partial charge in [0, 0.05) is 36.6 Å². The highest BCUT2D eigenvalue weighted by Crippen LogP contribution is 2.18. The highest BCUT2D eigenvalue weighted by Gasteiger charge is 2.17. The average Bonchev–Trinajstić information content (AvgIpc) is 3.35. The molecule has 0 spiro atoms. The van der Waals surface area contributed by atoms with Crippen LogP contribution in [0.25, 0.3) is 0 Å². The molecule has 6 heteroatoms. The summed E-state index contributed by atoms with van der Waals surface area (Å²) in [6.45, 7) is 8.88. The summed E-state index contributed by atoms with van der Waals surface area (Å²) in [5.41, 5.74) is 4.15. The van der Waals surface area contributed by atoms with Crippen molar-refractivity contribution < 1.29 is 14.0 Å². The minimum Gasteiger partial charge on any atom is -0.467 e. The molecule has 3 aromatic rings. The van der Waals surface area contributed by atoms with Crippen LogP contribution in [0.2, 0.25) is 0 Å². The van der Waals surface area contributed by atoms with Gasteiger partial charge in [-0.15, -0.1) is 0 Å². The zero-order valence-electron chi connectivity index (χ0n) is 18.2. The fourth-order valence-corrected chi connectivity index (χ4v) is 3.31. The summed E-state index contributed by atoms with van der Waals surface area (Å²) in [5.74, 6) is 0.722. The fourth-order valence-electron chi connectivity index (χ4n) is 3.31. The molecule has 2 heterocycles. The monoisotopic (exact) mass is 407 g/mol. The van der Waals surface area contributed by atoms with E-state index in [1.165, 1.54) is 0 Å². The van der Waals surface area contributed by atoms with E-state index in [4.69, 9.17) is 4.42 Å². The van der Waals surface area contributed by atoms with Crippen LogP contribution < -0.4 is 5.32 Å². The van der Waals surface area contributed by atoms with Crippen LogP contribution >= 0.6 is 0 Å². The number of nitrogens with one attached hydrogen (secondary N) is 1. The number of aromatic nitrogens is 1. The van der Waals surface area contributed by atoms with Crippen molar-refractivity contribution >= 4 is 11.8 Å². The van der Waals surface area contributed by atoms with Gasteiger partial charge >= 0.3 is 0 Å². The molecule has 0 atom stereocenters. The van der Waals surface area contributed by atoms with Gasteiger partial charge in [0.1, 0.15) is 5.76 Å². The Morgan fingerprint density at radius 2 is 1.83 bits per heavy atom. The minimum atomic E-state index is -0.117. The van der Waals surface area contributed by atoms with Gasteiger partial charge in [-0.25, -0.2) is 0 Å². The maximum atomic E-state index is 12.7. The number of furan rings is 1. The van der Waals surface area contributed by atoms with Crippen molar-refractivity contribution in [3.05, 3.63) is 82.6 Å². The highest BCUT2D eigenvalue weighted by atomic mass is 16.3. The van der Waals surface area contributed by atoms with Gasteiger partial charge in [0.15, 0.2) is 0 Å². The van der Waals surface area contributed by atoms with E-state index in [9.17, 15) is 9.59 Å². The smallest absolute Gasteiger partial charge is 0.253 e. The lowest BCUT2D eigenvalue weighted by atomic mass is 10.1. The summed E-state index contributed by atoms with van der Waals surface area (Å²) in [7, 11) is 1.80. The Labute approximate surface area is 177 Å². The third-order valence-corrected chi connectivity index (χ3v) is 5.46. The van der Waals surface area contributed by atoms with E-state index < -0.39 is 0 Å². The standard InChI is InChI=1S/C24H29N3O3/c1-16(2)26(5)24(29)20-10-8-19(9-11-20)14-25-23(28)22-13-17(3)27(18(22)4)15-21-7-6-12-30-21/h6-13,16H,14-15H2,1-5H3,(H,25,28). The van der Waals surface area contributed by atoms with E-state index in [1.807, 2.05) is 58.0 Å². The van der Waals surface area contributed by atoms with E-state index in [2.05, 4.69) is 9.88 Å². The molecule has 0 aliphatic heterocycles. The molecule has 0 fully saturated rings. The number of carbonyl (C=O) groups is 2. The molecule has 0 radical (unpaired) electrons. The quantitative estimate of drug-likeness (QED) is 0.640. The van der Waals surface area contributed by atoms with Gasteiger partial charge in [0.05, 0.1) is 18.4 Å². The molecule has 3 rings (SSSR count). The average molecular weight is 408 g/mol. The Balaban J connectivity index is 1.64. The van der Waals surface area contributed by atoms with Crippen LogP contribution in [0.3, 0.4) is 0 Å². The molecule has 0 aliphatic rings. The van der Waals surface area contributed by atoms with Crippen molar-refractivity contribution in [2.75, 3.05) is 7.05 Å². The molecular weight excluding hydrogens is 378 g/mol. The Kier molecular flexibility index (Phi) is 6.45. The number of hydrogen-bond acceptors (Lipinski definition) is 3. The first-order chi connectivity index (χ1) is 14.3. The van der Waals surface area contributed by atoms with Gasteiger partial charge < -0.3 is 19.2 Å². The summed E-state index contributed by atoms with van der Waals surface area (Å²) in [4.78, 5) is 26.8. The lowest BCUT2D eigenvalue weighted by Gasteiger charge is -2.21. The van der Waals surface area contributed by atoms with E-state index in [0.29, 0.717) is 24.2 Å². The van der Waals surface area contributed by atoms with Gasteiger partial charge in [-0.3, -0.25) is 9.59 Å². The number of rotatable bonds is 7. The zero-order valence-corrected chi connectivity index (χ0v) is 18.2. The Morgan fingerprint density at radius 1 is 1.13 bits per heavy atom. The molecule has 1 aromatic carbocycles. The van der Waals surface area contributed by atoms with Gasteiger partial charge in [-0.1, -0.05) is 12.1 Å². The number of hydrogen-bond donors (Lipinski definition) is 1. The molecule has 2 amide bonds. The van der Waals surface area contributed by atoms with Crippen molar-refractivity contribution in [3.63, 3.8) is 0 Å². The van der Waals surface area contributed by atoms with Gasteiger partial charge in [0.2, 0.25) is 0 Å². The van der Waals surface area contributed by atoms with Crippen LogP contribution in [0.15, 0.2) is 53.1 Å². The molecule has 2 aromatic heterocycles. The van der Waals surface area contributed by atoms with Gasteiger partial charge in [-0.05, 0) is 63.6 Å². The normalized spacial score (nSPS) is 11.0. The lowest BCUT2D eigenvalue weighted by molar-refractivity contribution is 0.0754. The Hall–Kier alpha value is -3.28. The number of aryl methyl sites for hydroxylation is 1. The minimum absolute atomic E-state index is 0.00965. The lowest BCUT2D eigenvalue weighted by Crippen LogP contribution is -2.32. The van der Waals surface area contributed by atoms with Crippen LogP contribution in [0.1, 0.15) is 57.3 Å². The summed E-state index contributed by atoms with van der Waals surface area (Å²) >= 11 is 0. The first-order valence-electron chi connectivity index (χ1n) is 10.1. The predicted molar refractivity (Wildman–Crippen MR) is 117 cm³/mol. The van der Waals surface area contributed by atoms with Gasteiger partial charge in [-0.2, -0.15) is 0 Å². The number of carbonyl (C=O) groups excluding carboxylic acids is 2. The highest BCUT2D eigenvalue weighted by molar-refractivity contribution is 5.96. The maximum Gasteiger partial charge on any atom is 0.253 e. The Bertz CT molecular complexity index is 1010. The van der Waals surface area contributed by atoms with Crippen LogP contribution in [-0.4, -0.2) is 34.4 Å². The molecular formula is C24H29N3O3. The van der Waals surface area contributed by atoms with E-state index in [0.717, 1.165) is 22.7 Å². The second-order valence-corrected chi connectivity index (χ2v) is 7.84. The number of amides is 2. The van der Waals surface area contributed by atoms with Crippen LogP contribution in [-0.2, 0) is 13.1 Å². The summed E-state index contributed by atoms with van der Waals surface area (Å²) in [6.07, 6.45) is 1.65. The SMILES string of the molecule is Cc1cc(C(=O)NCc2ccc(C(=O)N(C)C(C)C)cc2)c(C)n1Cc1ccco1. The van der Waals surface area contributed by atoms with Crippen LogP contribution in [0.4, 0.5) is 0 Å². The summed E-state index contributed by atoms with van der Waals surface area (Å²) in [5, 5.41) is 2.97. The van der Waals surface area contributed by atoms with Crippen LogP contribution in [0, 0.1) is 13.8 Å². The molecule has 0 saturated heterocycles. The topological polar surface area (TPSA) is 67.5 Å². The molecule has 0 aliphatic carbocycles. The second-order valence-electron chi connectivity index (χ2n) is 7.84. The molecule has 0 saturated carbocycles. The van der Waals surface area contributed by atoms with Crippen molar-refractivity contribution in [1.82, 2.24) is 14.8 Å². The fraction of sp³-hybridized carbons (Fsp3) is 0.333. The maximum absolute atomic E-state index is 12.7. The first kappa shape index (κ1) is 21.4. The molecule has 158 valence electrons. The predicted octanol–water partition coefficient (Wildman–Crippen LogP) is 4.16. The summed E-state index contributed by atoms with van der Waals surface area (Å²) in [6, 6.07) is 13.2. The molecule has 0 bridgehead atoms. The van der Waals surface area contributed by atoms with Crippen molar-refractivity contribution in [3.8, 4) is 0 Å². The van der Waals surface area contributed by atoms with Crippen molar-refractivity contribution in [1.29, 1.82) is 0 Å². The summed E-state index contributed by atoms with van der Waals surface area (Å²) < 4.78 is 7.50. The molecule has 6 nitrogen and oxygen atoms in total. The van der Waals surface area contributed by atoms with Crippen molar-refractivity contribution in [2.45, 2.75) is 46.8 Å². The second kappa shape index (κ2) is 9.03. The third kappa shape index (κ3) is 4.64. The zero-order chi connectivity index (χ0) is 21.8. The third-order valence-electron chi connectivity index (χ3n) is 5.46. The number of nitrogens with zero attached hydrogens (tertiary/aromatic N) is 2. The van der Waals surface area contributed by atoms with Gasteiger partial charge in [0.25, 0.3) is 11.8 Å². The van der Waals surface area contributed by atoms with Crippen LogP contribution in [0.5, 0.6) is 0 Å². The Morgan fingerprint density at radius 3 is 2.43 bits per heavy atom. The molecule has 30 heavy (non-hydrogen) atoms. The molecule has 0 unspecified atom stereocenters. The van der Waals surface area contributed by atoms with Crippen molar-refractivity contribution in [2.24, 2.45) is 0 Å². The molecule has 1 N–H and O–H groups in total. The van der Waals surface area contributed by atoms with E-state index >= 15 is 0 Å². The largest absolute Gasteiger partial charge is 0.467 e. The van der Waals surface area contributed by atoms with E-state index in [1.54, 1.807) is 30.3 Å². The van der Waals surface area contributed by atoms with E-state index in [-0.39, 0.29) is 17.9 Å².